The summed E-state index contributed by atoms with van der Waals surface area (Å²) in [5.41, 5.74) is 1.94. The summed E-state index contributed by atoms with van der Waals surface area (Å²) >= 11 is 0. The Labute approximate surface area is 209 Å². The van der Waals surface area contributed by atoms with Gasteiger partial charge in [0.15, 0.2) is 0 Å². The lowest BCUT2D eigenvalue weighted by Gasteiger charge is -2.42. The summed E-state index contributed by atoms with van der Waals surface area (Å²) in [7, 11) is -3.71. The first-order valence-electron chi connectivity index (χ1n) is 12.0. The highest BCUT2D eigenvalue weighted by Crippen LogP contribution is 2.37. The number of sulfonamides is 1. The molecule has 2 aliphatic heterocycles. The zero-order valence-electron chi connectivity index (χ0n) is 19.5. The number of nitrogens with zero attached hydrogens (tertiary/aromatic N) is 2. The fraction of sp³-hybridized carbons (Fsp3) is 0.214. The van der Waals surface area contributed by atoms with Gasteiger partial charge in [-0.2, -0.15) is 4.31 Å². The smallest absolute Gasteiger partial charge is 0.255 e. The van der Waals surface area contributed by atoms with Gasteiger partial charge in [-0.1, -0.05) is 36.4 Å². The van der Waals surface area contributed by atoms with Gasteiger partial charge in [-0.15, -0.1) is 0 Å². The lowest BCUT2D eigenvalue weighted by Crippen LogP contribution is -2.48. The summed E-state index contributed by atoms with van der Waals surface area (Å²) in [5.74, 6) is -0.151. The van der Waals surface area contributed by atoms with E-state index >= 15 is 0 Å². The molecule has 7 nitrogen and oxygen atoms in total. The molecule has 1 N–H and O–H groups in total. The van der Waals surface area contributed by atoms with Gasteiger partial charge in [0.25, 0.3) is 11.5 Å². The SMILES string of the molecule is O=C(Nc1ccc(S(=O)(=O)N2C[C@@H]3C[C@@H](C2)c2cccc(=O)n2C3)cc1)c1ccc2ccccc2c1. The predicted molar refractivity (Wildman–Crippen MR) is 139 cm³/mol. The van der Waals surface area contributed by atoms with E-state index in [1.807, 2.05) is 42.5 Å². The van der Waals surface area contributed by atoms with Crippen molar-refractivity contribution < 1.29 is 13.2 Å². The van der Waals surface area contributed by atoms with Crippen molar-refractivity contribution in [3.8, 4) is 0 Å². The van der Waals surface area contributed by atoms with Crippen LogP contribution in [0, 0.1) is 5.92 Å². The summed E-state index contributed by atoms with van der Waals surface area (Å²) in [5, 5.41) is 4.88. The Hall–Kier alpha value is -3.75. The average Bonchev–Trinajstić information content (AvgIpc) is 2.89. The molecule has 1 fully saturated rings. The van der Waals surface area contributed by atoms with E-state index in [9.17, 15) is 18.0 Å². The van der Waals surface area contributed by atoms with E-state index in [2.05, 4.69) is 5.32 Å². The van der Waals surface area contributed by atoms with Gasteiger partial charge in [-0.25, -0.2) is 8.42 Å². The molecular formula is C28H25N3O4S. The molecule has 182 valence electrons. The van der Waals surface area contributed by atoms with Gasteiger partial charge in [0.1, 0.15) is 0 Å². The fourth-order valence-corrected chi connectivity index (χ4v) is 7.00. The van der Waals surface area contributed by atoms with E-state index < -0.39 is 10.0 Å². The van der Waals surface area contributed by atoms with Gasteiger partial charge in [0.2, 0.25) is 10.0 Å². The average molecular weight is 500 g/mol. The molecule has 1 amide bonds. The number of anilines is 1. The second-order valence-electron chi connectivity index (χ2n) is 9.56. The van der Waals surface area contributed by atoms with Crippen LogP contribution in [-0.4, -0.2) is 36.3 Å². The fourth-order valence-electron chi connectivity index (χ4n) is 5.44. The molecule has 0 spiro atoms. The number of rotatable bonds is 4. The maximum atomic E-state index is 13.4. The largest absolute Gasteiger partial charge is 0.322 e. The Morgan fingerprint density at radius 3 is 2.42 bits per heavy atom. The zero-order valence-corrected chi connectivity index (χ0v) is 20.3. The number of carbonyl (C=O) groups excluding carboxylic acids is 1. The van der Waals surface area contributed by atoms with Crippen molar-refractivity contribution in [3.05, 3.63) is 107 Å². The summed E-state index contributed by atoms with van der Waals surface area (Å²) in [6, 6.07) is 24.9. The Bertz CT molecular complexity index is 1640. The van der Waals surface area contributed by atoms with Crippen molar-refractivity contribution in [2.24, 2.45) is 5.92 Å². The van der Waals surface area contributed by atoms with Crippen LogP contribution in [0.1, 0.15) is 28.4 Å². The molecule has 3 heterocycles. The molecule has 2 aliphatic rings. The van der Waals surface area contributed by atoms with Crippen LogP contribution in [0.4, 0.5) is 5.69 Å². The van der Waals surface area contributed by atoms with Gasteiger partial charge in [-0.05, 0) is 65.6 Å². The number of carbonyl (C=O) groups is 1. The molecule has 4 aromatic rings. The third-order valence-electron chi connectivity index (χ3n) is 7.21. The van der Waals surface area contributed by atoms with Crippen molar-refractivity contribution in [3.63, 3.8) is 0 Å². The van der Waals surface area contributed by atoms with Gasteiger partial charge >= 0.3 is 0 Å². The summed E-state index contributed by atoms with van der Waals surface area (Å²) in [6.07, 6.45) is 0.884. The van der Waals surface area contributed by atoms with Crippen molar-refractivity contribution in [2.45, 2.75) is 23.8 Å². The highest BCUT2D eigenvalue weighted by atomic mass is 32.2. The minimum absolute atomic E-state index is 0.00156. The van der Waals surface area contributed by atoms with Crippen LogP contribution in [-0.2, 0) is 16.6 Å². The molecule has 3 aromatic carbocycles. The summed E-state index contributed by atoms with van der Waals surface area (Å²) in [4.78, 5) is 25.2. The maximum absolute atomic E-state index is 13.4. The monoisotopic (exact) mass is 499 g/mol. The molecule has 1 aromatic heterocycles. The van der Waals surface area contributed by atoms with Crippen molar-refractivity contribution in [2.75, 3.05) is 18.4 Å². The van der Waals surface area contributed by atoms with E-state index in [1.54, 1.807) is 34.9 Å². The Kier molecular flexibility index (Phi) is 5.50. The lowest BCUT2D eigenvalue weighted by molar-refractivity contribution is 0.102. The topological polar surface area (TPSA) is 88.5 Å². The van der Waals surface area contributed by atoms with Crippen LogP contribution in [0.5, 0.6) is 0 Å². The van der Waals surface area contributed by atoms with E-state index in [0.717, 1.165) is 22.9 Å². The highest BCUT2D eigenvalue weighted by molar-refractivity contribution is 7.89. The molecular weight excluding hydrogens is 474 g/mol. The van der Waals surface area contributed by atoms with Crippen LogP contribution < -0.4 is 10.9 Å². The number of nitrogens with one attached hydrogen (secondary N) is 1. The number of aromatic nitrogens is 1. The minimum Gasteiger partial charge on any atom is -0.322 e. The molecule has 0 radical (unpaired) electrons. The quantitative estimate of drug-likeness (QED) is 0.459. The Morgan fingerprint density at radius 1 is 0.833 bits per heavy atom. The van der Waals surface area contributed by atoms with Crippen LogP contribution in [0.2, 0.25) is 0 Å². The standard InChI is InChI=1S/C28H25N3O4S/c32-27-7-3-6-26-23-14-19(17-31(26)27)16-30(18-23)36(34,35)25-12-10-24(11-13-25)29-28(33)22-9-8-20-4-1-2-5-21(20)15-22/h1-13,15,19,23H,14,16-18H2,(H,29,33)/t19-,23-/m0/s1. The molecule has 0 saturated carbocycles. The Balaban J connectivity index is 1.19. The number of piperidine rings is 1. The summed E-state index contributed by atoms with van der Waals surface area (Å²) in [6.45, 7) is 1.28. The molecule has 2 bridgehead atoms. The van der Waals surface area contributed by atoms with Crippen LogP contribution in [0.3, 0.4) is 0 Å². The third-order valence-corrected chi connectivity index (χ3v) is 9.05. The third kappa shape index (κ3) is 4.02. The van der Waals surface area contributed by atoms with E-state index in [1.165, 1.54) is 16.4 Å². The van der Waals surface area contributed by atoms with Crippen molar-refractivity contribution in [1.82, 2.24) is 8.87 Å². The number of benzene rings is 3. The van der Waals surface area contributed by atoms with Crippen LogP contribution in [0.25, 0.3) is 10.8 Å². The summed E-state index contributed by atoms with van der Waals surface area (Å²) < 4.78 is 30.2. The van der Waals surface area contributed by atoms with Gasteiger partial charge in [0, 0.05) is 48.6 Å². The molecule has 1 saturated heterocycles. The second-order valence-corrected chi connectivity index (χ2v) is 11.5. The van der Waals surface area contributed by atoms with Gasteiger partial charge in [-0.3, -0.25) is 9.59 Å². The van der Waals surface area contributed by atoms with E-state index in [4.69, 9.17) is 0 Å². The van der Waals surface area contributed by atoms with Crippen molar-refractivity contribution in [1.29, 1.82) is 0 Å². The zero-order chi connectivity index (χ0) is 24.9. The van der Waals surface area contributed by atoms with Crippen molar-refractivity contribution >= 4 is 32.4 Å². The number of hydrogen-bond donors (Lipinski definition) is 1. The normalized spacial score (nSPS) is 19.6. The molecule has 6 rings (SSSR count). The first kappa shape index (κ1) is 22.7. The Morgan fingerprint density at radius 2 is 1.61 bits per heavy atom. The van der Waals surface area contributed by atoms with Gasteiger partial charge in [0.05, 0.1) is 4.90 Å². The number of pyridine rings is 1. The van der Waals surface area contributed by atoms with Crippen LogP contribution in [0.15, 0.2) is 94.6 Å². The van der Waals surface area contributed by atoms with E-state index in [0.29, 0.717) is 30.9 Å². The second kappa shape index (κ2) is 8.72. The molecule has 8 heteroatoms. The number of amides is 1. The highest BCUT2D eigenvalue weighted by Gasteiger charge is 2.39. The first-order chi connectivity index (χ1) is 17.4. The molecule has 0 unspecified atom stereocenters. The van der Waals surface area contributed by atoms with Crippen LogP contribution >= 0.6 is 0 Å². The molecule has 2 atom stereocenters. The lowest BCUT2D eigenvalue weighted by atomic mass is 9.84. The first-order valence-corrected chi connectivity index (χ1v) is 13.4. The number of fused-ring (bicyclic) bond motifs is 5. The predicted octanol–water partition coefficient (Wildman–Crippen LogP) is 4.06. The maximum Gasteiger partial charge on any atom is 0.255 e. The van der Waals surface area contributed by atoms with Gasteiger partial charge < -0.3 is 9.88 Å². The molecule has 36 heavy (non-hydrogen) atoms. The molecule has 0 aliphatic carbocycles. The minimum atomic E-state index is -3.71. The van der Waals surface area contributed by atoms with E-state index in [-0.39, 0.29) is 28.2 Å². The number of hydrogen-bond acceptors (Lipinski definition) is 4.